The molecule has 29 heavy (non-hydrogen) atoms. The third kappa shape index (κ3) is 8.37. The molecule has 1 aromatic carbocycles. The van der Waals surface area contributed by atoms with Gasteiger partial charge in [-0.15, -0.1) is 0 Å². The molecule has 3 amide bonds. The first-order chi connectivity index (χ1) is 13.7. The van der Waals surface area contributed by atoms with Crippen molar-refractivity contribution in [2.24, 2.45) is 5.73 Å². The van der Waals surface area contributed by atoms with E-state index in [-0.39, 0.29) is 17.9 Å². The van der Waals surface area contributed by atoms with Crippen molar-refractivity contribution < 1.29 is 34.5 Å². The molecule has 0 bridgehead atoms. The Balaban J connectivity index is 2.48. The van der Waals surface area contributed by atoms with Gasteiger partial charge in [0.2, 0.25) is 17.7 Å². The van der Waals surface area contributed by atoms with Gasteiger partial charge in [-0.05, 0) is 24.1 Å². The lowest BCUT2D eigenvalue weighted by Crippen LogP contribution is -2.55. The molecule has 160 valence electrons. The van der Waals surface area contributed by atoms with Crippen LogP contribution in [-0.2, 0) is 25.6 Å². The van der Waals surface area contributed by atoms with Crippen LogP contribution in [0.15, 0.2) is 24.3 Å². The minimum Gasteiger partial charge on any atom is -0.508 e. The number of carbonyl (C=O) groups is 4. The van der Waals surface area contributed by atoms with Crippen LogP contribution in [0.25, 0.3) is 0 Å². The smallest absolute Gasteiger partial charge is 0.327 e. The number of carboxylic acid groups (broad SMARTS) is 1. The Morgan fingerprint density at radius 1 is 1.03 bits per heavy atom. The minimum atomic E-state index is -1.40. The van der Waals surface area contributed by atoms with Gasteiger partial charge in [-0.25, -0.2) is 4.79 Å². The molecule has 12 heteroatoms. The summed E-state index contributed by atoms with van der Waals surface area (Å²) < 4.78 is 0. The highest BCUT2D eigenvalue weighted by Gasteiger charge is 2.25. The van der Waals surface area contributed by atoms with Crippen LogP contribution in [0.5, 0.6) is 5.75 Å². The standard InChI is InChI=1S/C17H24N4O7S/c18-11(5-9-1-3-10(23)4-2-9)15(25)19-6-14(24)20-12(7-22)16(26)21-13(8-29)17(27)28/h1-4,11-13,22-23,29H,5-8,18H2,(H,19,25)(H,20,24)(H,21,26)(H,27,28). The van der Waals surface area contributed by atoms with Crippen LogP contribution in [0.1, 0.15) is 5.56 Å². The van der Waals surface area contributed by atoms with Gasteiger partial charge >= 0.3 is 5.97 Å². The molecule has 0 saturated carbocycles. The zero-order valence-electron chi connectivity index (χ0n) is 15.4. The van der Waals surface area contributed by atoms with E-state index in [1.54, 1.807) is 12.1 Å². The Kier molecular flexibility index (Phi) is 9.92. The predicted molar refractivity (Wildman–Crippen MR) is 105 cm³/mol. The van der Waals surface area contributed by atoms with Crippen molar-refractivity contribution in [1.29, 1.82) is 0 Å². The van der Waals surface area contributed by atoms with Crippen LogP contribution in [0.4, 0.5) is 0 Å². The summed E-state index contributed by atoms with van der Waals surface area (Å²) in [5.74, 6) is -3.71. The van der Waals surface area contributed by atoms with E-state index in [0.29, 0.717) is 5.56 Å². The van der Waals surface area contributed by atoms with Crippen molar-refractivity contribution in [3.8, 4) is 5.75 Å². The van der Waals surface area contributed by atoms with Gasteiger partial charge in [0.15, 0.2) is 0 Å². The van der Waals surface area contributed by atoms with E-state index < -0.39 is 55.0 Å². The first kappa shape index (κ1) is 24.2. The van der Waals surface area contributed by atoms with Gasteiger partial charge in [-0.1, -0.05) is 12.1 Å². The first-order valence-electron chi connectivity index (χ1n) is 8.53. The van der Waals surface area contributed by atoms with Crippen LogP contribution < -0.4 is 21.7 Å². The molecule has 11 nitrogen and oxygen atoms in total. The maximum atomic E-state index is 12.0. The van der Waals surface area contributed by atoms with Crippen molar-refractivity contribution in [1.82, 2.24) is 16.0 Å². The summed E-state index contributed by atoms with van der Waals surface area (Å²) in [5.41, 5.74) is 6.49. The van der Waals surface area contributed by atoms with Gasteiger partial charge in [-0.3, -0.25) is 14.4 Å². The molecule has 3 atom stereocenters. The molecule has 0 spiro atoms. The van der Waals surface area contributed by atoms with Gasteiger partial charge in [-0.2, -0.15) is 12.6 Å². The van der Waals surface area contributed by atoms with Crippen LogP contribution in [-0.4, -0.2) is 76.0 Å². The second kappa shape index (κ2) is 11.9. The summed E-state index contributed by atoms with van der Waals surface area (Å²) in [6, 6.07) is 2.49. The number of aliphatic hydroxyl groups is 1. The van der Waals surface area contributed by atoms with Gasteiger partial charge in [0.05, 0.1) is 19.2 Å². The van der Waals surface area contributed by atoms with Crippen molar-refractivity contribution in [2.45, 2.75) is 24.5 Å². The fourth-order valence-electron chi connectivity index (χ4n) is 2.17. The normalized spacial score (nSPS) is 13.6. The quantitative estimate of drug-likeness (QED) is 0.175. The molecule has 1 rings (SSSR count). The van der Waals surface area contributed by atoms with Crippen LogP contribution >= 0.6 is 12.6 Å². The summed E-state index contributed by atoms with van der Waals surface area (Å²) in [7, 11) is 0. The highest BCUT2D eigenvalue weighted by atomic mass is 32.1. The summed E-state index contributed by atoms with van der Waals surface area (Å²) in [4.78, 5) is 46.8. The number of nitrogens with two attached hydrogens (primary N) is 1. The lowest BCUT2D eigenvalue weighted by molar-refractivity contribution is -0.141. The highest BCUT2D eigenvalue weighted by Crippen LogP contribution is 2.10. The molecule has 1 aromatic rings. The topological polar surface area (TPSA) is 191 Å². The van der Waals surface area contributed by atoms with Gasteiger partial charge in [0, 0.05) is 5.75 Å². The average Bonchev–Trinajstić information content (AvgIpc) is 2.69. The monoisotopic (exact) mass is 428 g/mol. The van der Waals surface area contributed by atoms with Crippen LogP contribution in [0.3, 0.4) is 0 Å². The minimum absolute atomic E-state index is 0.0787. The lowest BCUT2D eigenvalue weighted by atomic mass is 10.1. The van der Waals surface area contributed by atoms with Crippen LogP contribution in [0, 0.1) is 0 Å². The van der Waals surface area contributed by atoms with Gasteiger partial charge in [0.25, 0.3) is 0 Å². The number of nitrogens with one attached hydrogen (secondary N) is 3. The number of carboxylic acids is 1. The van der Waals surface area contributed by atoms with Crippen molar-refractivity contribution in [3.63, 3.8) is 0 Å². The Labute approximate surface area is 172 Å². The van der Waals surface area contributed by atoms with Crippen molar-refractivity contribution >= 4 is 36.3 Å². The zero-order chi connectivity index (χ0) is 22.0. The highest BCUT2D eigenvalue weighted by molar-refractivity contribution is 7.80. The maximum Gasteiger partial charge on any atom is 0.327 e. The number of aliphatic hydroxyl groups excluding tert-OH is 1. The van der Waals surface area contributed by atoms with E-state index in [0.717, 1.165) is 0 Å². The molecular formula is C17H24N4O7S. The average molecular weight is 428 g/mol. The fourth-order valence-corrected chi connectivity index (χ4v) is 2.42. The number of carbonyl (C=O) groups excluding carboxylic acids is 3. The van der Waals surface area contributed by atoms with Crippen molar-refractivity contribution in [3.05, 3.63) is 29.8 Å². The Bertz CT molecular complexity index is 729. The third-order valence-electron chi connectivity index (χ3n) is 3.78. The van der Waals surface area contributed by atoms with E-state index in [9.17, 15) is 29.4 Å². The fraction of sp³-hybridized carbons (Fsp3) is 0.412. The number of phenols is 1. The van der Waals surface area contributed by atoms with Gasteiger partial charge in [0.1, 0.15) is 17.8 Å². The Morgan fingerprint density at radius 2 is 1.66 bits per heavy atom. The predicted octanol–water partition coefficient (Wildman–Crippen LogP) is -2.65. The molecule has 0 aliphatic carbocycles. The van der Waals surface area contributed by atoms with Crippen molar-refractivity contribution in [2.75, 3.05) is 18.9 Å². The number of hydrogen-bond donors (Lipinski definition) is 8. The number of hydrogen-bond acceptors (Lipinski definition) is 8. The Morgan fingerprint density at radius 3 is 2.17 bits per heavy atom. The zero-order valence-corrected chi connectivity index (χ0v) is 16.3. The first-order valence-corrected chi connectivity index (χ1v) is 9.16. The van der Waals surface area contributed by atoms with E-state index in [1.807, 2.05) is 0 Å². The molecule has 0 saturated heterocycles. The number of thiol groups is 1. The molecular weight excluding hydrogens is 404 g/mol. The Hall–Kier alpha value is -2.83. The lowest BCUT2D eigenvalue weighted by Gasteiger charge is -2.19. The summed E-state index contributed by atoms with van der Waals surface area (Å²) in [6.07, 6.45) is 0.176. The molecule has 0 aliphatic heterocycles. The summed E-state index contributed by atoms with van der Waals surface area (Å²) in [5, 5.41) is 34.0. The number of amides is 3. The largest absolute Gasteiger partial charge is 0.508 e. The number of rotatable bonds is 11. The molecule has 0 aliphatic rings. The van der Waals surface area contributed by atoms with E-state index in [4.69, 9.17) is 10.8 Å². The SMILES string of the molecule is NC(Cc1ccc(O)cc1)C(=O)NCC(=O)NC(CO)C(=O)NC(CS)C(=O)O. The number of aromatic hydroxyl groups is 1. The van der Waals surface area contributed by atoms with Gasteiger partial charge < -0.3 is 37.0 Å². The molecule has 0 heterocycles. The number of phenolic OH excluding ortho intramolecular Hbond substituents is 1. The third-order valence-corrected chi connectivity index (χ3v) is 4.15. The molecule has 0 aromatic heterocycles. The summed E-state index contributed by atoms with van der Waals surface area (Å²) >= 11 is 3.80. The van der Waals surface area contributed by atoms with E-state index in [1.165, 1.54) is 12.1 Å². The molecule has 3 unspecified atom stereocenters. The van der Waals surface area contributed by atoms with E-state index in [2.05, 4.69) is 28.6 Å². The maximum absolute atomic E-state index is 12.0. The second-order valence-corrected chi connectivity index (χ2v) is 6.44. The van der Waals surface area contributed by atoms with E-state index >= 15 is 0 Å². The molecule has 0 fully saturated rings. The van der Waals surface area contributed by atoms with Crippen LogP contribution in [0.2, 0.25) is 0 Å². The molecule has 0 radical (unpaired) electrons. The number of aliphatic carboxylic acids is 1. The second-order valence-electron chi connectivity index (χ2n) is 6.08. The molecule has 8 N–H and O–H groups in total. The number of benzene rings is 1. The summed E-state index contributed by atoms with van der Waals surface area (Å²) in [6.45, 7) is -1.27.